The molecule has 1 unspecified atom stereocenters. The molecule has 1 saturated carbocycles. The van der Waals surface area contributed by atoms with Gasteiger partial charge in [-0.05, 0) is 44.6 Å². The summed E-state index contributed by atoms with van der Waals surface area (Å²) >= 11 is 5.36. The van der Waals surface area contributed by atoms with Crippen LogP contribution in [0.4, 0.5) is 5.95 Å². The highest BCUT2D eigenvalue weighted by molar-refractivity contribution is 7.71. The zero-order valence-corrected chi connectivity index (χ0v) is 12.6. The van der Waals surface area contributed by atoms with Crippen molar-refractivity contribution in [2.45, 2.75) is 45.2 Å². The Morgan fingerprint density at radius 1 is 1.32 bits per heavy atom. The first-order chi connectivity index (χ1) is 9.24. The molecule has 1 aliphatic carbocycles. The van der Waals surface area contributed by atoms with Gasteiger partial charge < -0.3 is 4.90 Å². The monoisotopic (exact) mass is 281 g/mol. The third kappa shape index (κ3) is 2.43. The van der Waals surface area contributed by atoms with Gasteiger partial charge in [-0.1, -0.05) is 13.8 Å². The molecule has 0 bridgehead atoms. The van der Waals surface area contributed by atoms with Crippen LogP contribution in [0.15, 0.2) is 0 Å². The minimum atomic E-state index is 0.591. The van der Waals surface area contributed by atoms with Gasteiger partial charge in [0.05, 0.1) is 0 Å². The number of likely N-dealkylation sites (N-methyl/N-ethyl adjacent to an activating group) is 1. The zero-order chi connectivity index (χ0) is 13.4. The molecule has 0 spiro atoms. The van der Waals surface area contributed by atoms with Gasteiger partial charge in [0.1, 0.15) is 0 Å². The fourth-order valence-electron chi connectivity index (χ4n) is 3.14. The van der Waals surface area contributed by atoms with E-state index >= 15 is 0 Å². The van der Waals surface area contributed by atoms with Crippen molar-refractivity contribution in [1.29, 1.82) is 0 Å². The number of hydrogen-bond acceptors (Lipinski definition) is 4. The van der Waals surface area contributed by atoms with E-state index in [0.717, 1.165) is 36.9 Å². The lowest BCUT2D eigenvalue weighted by atomic mass is 10.2. The van der Waals surface area contributed by atoms with Crippen LogP contribution in [0.25, 0.3) is 0 Å². The van der Waals surface area contributed by atoms with Crippen molar-refractivity contribution >= 4 is 18.2 Å². The first kappa shape index (κ1) is 13.1. The molecule has 1 aliphatic heterocycles. The Bertz CT molecular complexity index is 485. The van der Waals surface area contributed by atoms with Crippen LogP contribution >= 0.6 is 12.2 Å². The maximum Gasteiger partial charge on any atom is 0.226 e. The summed E-state index contributed by atoms with van der Waals surface area (Å²) in [5, 5.41) is 7.43. The van der Waals surface area contributed by atoms with Crippen LogP contribution in [-0.4, -0.2) is 51.9 Å². The van der Waals surface area contributed by atoms with Gasteiger partial charge in [0, 0.05) is 25.2 Å². The molecule has 1 aromatic heterocycles. The average molecular weight is 281 g/mol. The molecule has 1 saturated heterocycles. The Morgan fingerprint density at radius 2 is 2.05 bits per heavy atom. The summed E-state index contributed by atoms with van der Waals surface area (Å²) in [6.07, 6.45) is 3.72. The lowest BCUT2D eigenvalue weighted by Crippen LogP contribution is -2.37. The maximum absolute atomic E-state index is 5.36. The van der Waals surface area contributed by atoms with Crippen LogP contribution in [0.5, 0.6) is 0 Å². The second kappa shape index (κ2) is 5.25. The Kier molecular flexibility index (Phi) is 3.62. The first-order valence-electron chi connectivity index (χ1n) is 7.40. The topological polar surface area (TPSA) is 40.1 Å². The second-order valence-electron chi connectivity index (χ2n) is 5.54. The summed E-state index contributed by atoms with van der Waals surface area (Å²) in [5.41, 5.74) is 0. The van der Waals surface area contributed by atoms with Crippen LogP contribution in [-0.2, 0) is 0 Å². The Balaban J connectivity index is 1.76. The number of anilines is 1. The van der Waals surface area contributed by atoms with Crippen molar-refractivity contribution < 1.29 is 0 Å². The Morgan fingerprint density at radius 3 is 2.68 bits per heavy atom. The van der Waals surface area contributed by atoms with Gasteiger partial charge in [-0.25, -0.2) is 5.10 Å². The summed E-state index contributed by atoms with van der Waals surface area (Å²) in [5.74, 6) is 1.06. The first-order valence-corrected chi connectivity index (χ1v) is 7.81. The molecule has 1 aromatic rings. The Hall–Kier alpha value is -0.880. The third-order valence-corrected chi connectivity index (χ3v) is 4.66. The lowest BCUT2D eigenvalue weighted by molar-refractivity contribution is 0.232. The van der Waals surface area contributed by atoms with Crippen molar-refractivity contribution in [3.63, 3.8) is 0 Å². The second-order valence-corrected chi connectivity index (χ2v) is 5.93. The molecule has 3 rings (SSSR count). The van der Waals surface area contributed by atoms with E-state index in [1.165, 1.54) is 19.3 Å². The van der Waals surface area contributed by atoms with E-state index in [4.69, 9.17) is 12.2 Å². The highest BCUT2D eigenvalue weighted by Gasteiger charge is 2.33. The molecule has 1 atom stereocenters. The number of nitrogens with zero attached hydrogens (tertiary/aromatic N) is 4. The highest BCUT2D eigenvalue weighted by atomic mass is 32.1. The molecule has 106 valence electrons. The number of aromatic amines is 1. The summed E-state index contributed by atoms with van der Waals surface area (Å²) in [6, 6.07) is 1.25. The van der Waals surface area contributed by atoms with E-state index in [2.05, 4.69) is 38.4 Å². The SMILES string of the molecule is CCN(CC)C1CCN(c2n[nH]c(=S)n2C2CC2)C1. The molecule has 19 heavy (non-hydrogen) atoms. The van der Waals surface area contributed by atoms with E-state index in [0.29, 0.717) is 12.1 Å². The molecule has 6 heteroatoms. The summed E-state index contributed by atoms with van der Waals surface area (Å²) in [4.78, 5) is 4.94. The van der Waals surface area contributed by atoms with E-state index in [9.17, 15) is 0 Å². The van der Waals surface area contributed by atoms with Crippen LogP contribution in [0.1, 0.15) is 39.2 Å². The van der Waals surface area contributed by atoms with Crippen LogP contribution in [0.3, 0.4) is 0 Å². The van der Waals surface area contributed by atoms with Gasteiger partial charge in [-0.2, -0.15) is 0 Å². The zero-order valence-electron chi connectivity index (χ0n) is 11.8. The van der Waals surface area contributed by atoms with Crippen molar-refractivity contribution in [2.75, 3.05) is 31.1 Å². The minimum absolute atomic E-state index is 0.591. The third-order valence-electron chi connectivity index (χ3n) is 4.37. The predicted octanol–water partition coefficient (Wildman–Crippen LogP) is 2.20. The van der Waals surface area contributed by atoms with Crippen molar-refractivity contribution in [3.05, 3.63) is 4.77 Å². The van der Waals surface area contributed by atoms with E-state index in [-0.39, 0.29) is 0 Å². The summed E-state index contributed by atoms with van der Waals surface area (Å²) in [6.45, 7) is 8.91. The minimum Gasteiger partial charge on any atom is -0.339 e. The number of aromatic nitrogens is 3. The van der Waals surface area contributed by atoms with Gasteiger partial charge in [-0.15, -0.1) is 5.10 Å². The average Bonchev–Trinajstić information content (AvgIpc) is 3.00. The van der Waals surface area contributed by atoms with Gasteiger partial charge in [0.2, 0.25) is 5.95 Å². The van der Waals surface area contributed by atoms with Crippen LogP contribution < -0.4 is 4.90 Å². The van der Waals surface area contributed by atoms with Crippen molar-refractivity contribution in [3.8, 4) is 0 Å². The number of H-pyrrole nitrogens is 1. The fraction of sp³-hybridized carbons (Fsp3) is 0.846. The standard InChI is InChI=1S/C13H23N5S/c1-3-16(4-2)11-7-8-17(9-11)12-14-15-13(19)18(12)10-5-6-10/h10-11H,3-9H2,1-2H3,(H,15,19). The molecule has 0 aromatic carbocycles. The van der Waals surface area contributed by atoms with Gasteiger partial charge >= 0.3 is 0 Å². The highest BCUT2D eigenvalue weighted by Crippen LogP contribution is 2.38. The normalized spacial score (nSPS) is 23.5. The number of nitrogens with one attached hydrogen (secondary N) is 1. The van der Waals surface area contributed by atoms with Crippen LogP contribution in [0, 0.1) is 4.77 Å². The molecule has 2 fully saturated rings. The van der Waals surface area contributed by atoms with Gasteiger partial charge in [0.25, 0.3) is 0 Å². The molecular weight excluding hydrogens is 258 g/mol. The predicted molar refractivity (Wildman–Crippen MR) is 79.2 cm³/mol. The molecule has 0 radical (unpaired) electrons. The lowest BCUT2D eigenvalue weighted by Gasteiger charge is -2.26. The molecule has 0 amide bonds. The molecular formula is C13H23N5S. The van der Waals surface area contributed by atoms with Gasteiger partial charge in [-0.3, -0.25) is 9.47 Å². The van der Waals surface area contributed by atoms with Gasteiger partial charge in [0.15, 0.2) is 4.77 Å². The van der Waals surface area contributed by atoms with E-state index in [1.54, 1.807) is 0 Å². The molecule has 1 N–H and O–H groups in total. The smallest absolute Gasteiger partial charge is 0.226 e. The summed E-state index contributed by atoms with van der Waals surface area (Å²) < 4.78 is 3.00. The van der Waals surface area contributed by atoms with Crippen molar-refractivity contribution in [1.82, 2.24) is 19.7 Å². The molecule has 5 nitrogen and oxygen atoms in total. The van der Waals surface area contributed by atoms with Crippen LogP contribution in [0.2, 0.25) is 0 Å². The largest absolute Gasteiger partial charge is 0.339 e. The number of rotatable bonds is 5. The Labute approximate surface area is 119 Å². The quantitative estimate of drug-likeness (QED) is 0.840. The molecule has 2 aliphatic rings. The fourth-order valence-corrected chi connectivity index (χ4v) is 3.42. The molecule has 2 heterocycles. The number of hydrogen-bond donors (Lipinski definition) is 1. The van der Waals surface area contributed by atoms with E-state index in [1.807, 2.05) is 0 Å². The van der Waals surface area contributed by atoms with E-state index < -0.39 is 0 Å². The van der Waals surface area contributed by atoms with Crippen molar-refractivity contribution in [2.24, 2.45) is 0 Å². The maximum atomic E-state index is 5.36. The summed E-state index contributed by atoms with van der Waals surface area (Å²) in [7, 11) is 0.